The normalized spacial score (nSPS) is 11.8. The minimum absolute atomic E-state index is 0.123. The summed E-state index contributed by atoms with van der Waals surface area (Å²) < 4.78 is 0. The lowest BCUT2D eigenvalue weighted by molar-refractivity contribution is 0.722. The SMILES string of the molecule is Cc1sc(NC(=S)N[C@@H](C)c2ccccc2)nc1-c1ccc(Cl)cc1. The maximum atomic E-state index is 5.96. The van der Waals surface area contributed by atoms with Gasteiger partial charge in [-0.2, -0.15) is 0 Å². The number of anilines is 1. The summed E-state index contributed by atoms with van der Waals surface area (Å²) in [6.07, 6.45) is 0. The topological polar surface area (TPSA) is 37.0 Å². The number of thiazole rings is 1. The molecule has 0 saturated carbocycles. The van der Waals surface area contributed by atoms with Crippen LogP contribution in [0.2, 0.25) is 5.02 Å². The highest BCUT2D eigenvalue weighted by Gasteiger charge is 2.12. The Kier molecular flexibility index (Phi) is 5.68. The first-order chi connectivity index (χ1) is 12.0. The highest BCUT2D eigenvalue weighted by molar-refractivity contribution is 7.80. The molecule has 25 heavy (non-hydrogen) atoms. The summed E-state index contributed by atoms with van der Waals surface area (Å²) in [6.45, 7) is 4.13. The van der Waals surface area contributed by atoms with Crippen molar-refractivity contribution >= 4 is 45.4 Å². The Balaban J connectivity index is 1.68. The third-order valence-corrected chi connectivity index (χ3v) is 5.14. The molecule has 2 aromatic carbocycles. The van der Waals surface area contributed by atoms with E-state index in [1.165, 1.54) is 5.56 Å². The first-order valence-electron chi connectivity index (χ1n) is 7.89. The van der Waals surface area contributed by atoms with E-state index in [4.69, 9.17) is 23.8 Å². The van der Waals surface area contributed by atoms with Gasteiger partial charge in [0.15, 0.2) is 10.2 Å². The molecule has 0 aliphatic heterocycles. The molecule has 3 aromatic rings. The van der Waals surface area contributed by atoms with Crippen LogP contribution in [0.4, 0.5) is 5.13 Å². The van der Waals surface area contributed by atoms with Gasteiger partial charge in [-0.1, -0.05) is 54.1 Å². The van der Waals surface area contributed by atoms with Crippen LogP contribution in [0.1, 0.15) is 23.4 Å². The van der Waals surface area contributed by atoms with Crippen LogP contribution in [0.3, 0.4) is 0 Å². The molecule has 0 aliphatic rings. The predicted octanol–water partition coefficient (Wildman–Crippen LogP) is 5.82. The summed E-state index contributed by atoms with van der Waals surface area (Å²) in [4.78, 5) is 5.79. The van der Waals surface area contributed by atoms with Crippen molar-refractivity contribution in [3.8, 4) is 11.3 Å². The van der Waals surface area contributed by atoms with E-state index < -0.39 is 0 Å². The van der Waals surface area contributed by atoms with Gasteiger partial charge in [-0.05, 0) is 43.8 Å². The van der Waals surface area contributed by atoms with Crippen molar-refractivity contribution in [1.82, 2.24) is 10.3 Å². The third-order valence-electron chi connectivity index (χ3n) is 3.78. The van der Waals surface area contributed by atoms with Crippen molar-refractivity contribution < 1.29 is 0 Å². The van der Waals surface area contributed by atoms with Gasteiger partial charge in [-0.15, -0.1) is 11.3 Å². The molecule has 0 spiro atoms. The maximum absolute atomic E-state index is 5.96. The maximum Gasteiger partial charge on any atom is 0.189 e. The van der Waals surface area contributed by atoms with Gasteiger partial charge >= 0.3 is 0 Å². The molecule has 3 nitrogen and oxygen atoms in total. The van der Waals surface area contributed by atoms with Gasteiger partial charge in [-0.25, -0.2) is 4.98 Å². The number of benzene rings is 2. The Hall–Kier alpha value is -1.95. The zero-order valence-corrected chi connectivity index (χ0v) is 16.3. The monoisotopic (exact) mass is 387 g/mol. The number of thiocarbonyl (C=S) groups is 1. The summed E-state index contributed by atoms with van der Waals surface area (Å²) in [7, 11) is 0. The third kappa shape index (κ3) is 4.57. The molecular weight excluding hydrogens is 370 g/mol. The second-order valence-corrected chi connectivity index (χ2v) is 7.71. The summed E-state index contributed by atoms with van der Waals surface area (Å²) in [5, 5.41) is 8.54. The lowest BCUT2D eigenvalue weighted by Gasteiger charge is -2.16. The number of hydrogen-bond acceptors (Lipinski definition) is 3. The molecule has 0 saturated heterocycles. The van der Waals surface area contributed by atoms with E-state index in [1.807, 2.05) is 42.5 Å². The van der Waals surface area contributed by atoms with E-state index in [-0.39, 0.29) is 6.04 Å². The zero-order valence-electron chi connectivity index (χ0n) is 13.9. The van der Waals surface area contributed by atoms with Crippen LogP contribution in [-0.2, 0) is 0 Å². The van der Waals surface area contributed by atoms with E-state index in [1.54, 1.807) is 11.3 Å². The van der Waals surface area contributed by atoms with Crippen molar-refractivity contribution in [3.05, 3.63) is 70.1 Å². The summed E-state index contributed by atoms with van der Waals surface area (Å²) >= 11 is 13.0. The minimum atomic E-state index is 0.123. The molecule has 1 heterocycles. The van der Waals surface area contributed by atoms with Crippen LogP contribution in [0.15, 0.2) is 54.6 Å². The molecule has 3 rings (SSSR count). The number of aryl methyl sites for hydroxylation is 1. The first-order valence-corrected chi connectivity index (χ1v) is 9.49. The fourth-order valence-electron chi connectivity index (χ4n) is 2.48. The second-order valence-electron chi connectivity index (χ2n) is 5.66. The van der Waals surface area contributed by atoms with E-state index in [2.05, 4.69) is 41.6 Å². The van der Waals surface area contributed by atoms with Crippen molar-refractivity contribution in [2.75, 3.05) is 5.32 Å². The highest BCUT2D eigenvalue weighted by Crippen LogP contribution is 2.31. The number of aromatic nitrogens is 1. The van der Waals surface area contributed by atoms with Crippen molar-refractivity contribution in [3.63, 3.8) is 0 Å². The van der Waals surface area contributed by atoms with Crippen LogP contribution < -0.4 is 10.6 Å². The smallest absolute Gasteiger partial charge is 0.189 e. The fourth-order valence-corrected chi connectivity index (χ4v) is 3.78. The number of nitrogens with zero attached hydrogens (tertiary/aromatic N) is 1. The number of nitrogens with one attached hydrogen (secondary N) is 2. The molecule has 128 valence electrons. The Labute approximate surface area is 162 Å². The summed E-state index contributed by atoms with van der Waals surface area (Å²) in [5.41, 5.74) is 3.18. The Morgan fingerprint density at radius 1 is 1.12 bits per heavy atom. The summed E-state index contributed by atoms with van der Waals surface area (Å²) in [5.74, 6) is 0. The van der Waals surface area contributed by atoms with Gasteiger partial charge in [0.2, 0.25) is 0 Å². The van der Waals surface area contributed by atoms with Gasteiger partial charge in [0.05, 0.1) is 11.7 Å². The minimum Gasteiger partial charge on any atom is -0.356 e. The van der Waals surface area contributed by atoms with Crippen LogP contribution in [0.5, 0.6) is 0 Å². The lowest BCUT2D eigenvalue weighted by Crippen LogP contribution is -2.30. The number of halogens is 1. The standard InChI is InChI=1S/C19H18ClN3S2/c1-12(14-6-4-3-5-7-14)21-18(24)23-19-22-17(13(2)25-19)15-8-10-16(20)11-9-15/h3-12H,1-2H3,(H2,21,22,23,24)/t12-/m0/s1. The van der Waals surface area contributed by atoms with Crippen molar-refractivity contribution in [1.29, 1.82) is 0 Å². The quantitative estimate of drug-likeness (QED) is 0.553. The van der Waals surface area contributed by atoms with Gasteiger partial charge in [0.25, 0.3) is 0 Å². The first kappa shape index (κ1) is 17.9. The fraction of sp³-hybridized carbons (Fsp3) is 0.158. The molecule has 1 aromatic heterocycles. The molecule has 0 unspecified atom stereocenters. The predicted molar refractivity (Wildman–Crippen MR) is 112 cm³/mol. The number of rotatable bonds is 4. The van der Waals surface area contributed by atoms with E-state index >= 15 is 0 Å². The van der Waals surface area contributed by atoms with Crippen LogP contribution >= 0.6 is 35.2 Å². The molecule has 0 fully saturated rings. The summed E-state index contributed by atoms with van der Waals surface area (Å²) in [6, 6.07) is 18.0. The number of hydrogen-bond donors (Lipinski definition) is 2. The molecule has 0 bridgehead atoms. The second kappa shape index (κ2) is 7.95. The van der Waals surface area contributed by atoms with E-state index in [9.17, 15) is 0 Å². The Morgan fingerprint density at radius 3 is 2.48 bits per heavy atom. The van der Waals surface area contributed by atoms with E-state index in [0.717, 1.165) is 26.3 Å². The van der Waals surface area contributed by atoms with Crippen LogP contribution in [-0.4, -0.2) is 10.1 Å². The van der Waals surface area contributed by atoms with Gasteiger partial charge in [0.1, 0.15) is 0 Å². The molecular formula is C19H18ClN3S2. The largest absolute Gasteiger partial charge is 0.356 e. The lowest BCUT2D eigenvalue weighted by atomic mass is 10.1. The van der Waals surface area contributed by atoms with Crippen LogP contribution in [0.25, 0.3) is 11.3 Å². The highest BCUT2D eigenvalue weighted by atomic mass is 35.5. The molecule has 0 amide bonds. The van der Waals surface area contributed by atoms with Gasteiger partial charge < -0.3 is 10.6 Å². The van der Waals surface area contributed by atoms with E-state index in [0.29, 0.717) is 5.11 Å². The van der Waals surface area contributed by atoms with Crippen molar-refractivity contribution in [2.24, 2.45) is 0 Å². The Morgan fingerprint density at radius 2 is 1.80 bits per heavy atom. The molecule has 6 heteroatoms. The van der Waals surface area contributed by atoms with Crippen LogP contribution in [0, 0.1) is 6.92 Å². The van der Waals surface area contributed by atoms with Gasteiger partial charge in [0, 0.05) is 15.5 Å². The Bertz CT molecular complexity index is 860. The molecule has 1 atom stereocenters. The molecule has 2 N–H and O–H groups in total. The van der Waals surface area contributed by atoms with Gasteiger partial charge in [-0.3, -0.25) is 0 Å². The molecule has 0 radical (unpaired) electrons. The molecule has 0 aliphatic carbocycles. The zero-order chi connectivity index (χ0) is 17.8. The average Bonchev–Trinajstić information content (AvgIpc) is 2.96. The van der Waals surface area contributed by atoms with Crippen molar-refractivity contribution in [2.45, 2.75) is 19.9 Å². The average molecular weight is 388 g/mol.